The molecule has 9 nitrogen and oxygen atoms in total. The molecular formula is C28H33ClN6O3S. The highest BCUT2D eigenvalue weighted by molar-refractivity contribution is 7.89. The van der Waals surface area contributed by atoms with Crippen molar-refractivity contribution in [3.8, 4) is 17.1 Å². The Bertz CT molecular complexity index is 1440. The summed E-state index contributed by atoms with van der Waals surface area (Å²) < 4.78 is 32.1. The van der Waals surface area contributed by atoms with E-state index in [0.717, 1.165) is 42.6 Å². The van der Waals surface area contributed by atoms with E-state index in [4.69, 9.17) is 21.3 Å². The number of allylic oxidation sites excluding steroid dienone is 1. The smallest absolute Gasteiger partial charge is 0.227 e. The standard InChI is InChI=1S/C28H33ClN6O3S/c1-2-39(36,37)35-15-13-34(14-16-35)25-10-9-23-18-21(25)8-6-4-3-5-7-17-38-26-19-22(11-12-30-26)27-24(29)20-31-28(32-23)33-27/h3,5,9-12,18-20H,2,4,6-8,13-17H2,1H3,(H,31,32,33)/b5-3+. The van der Waals surface area contributed by atoms with Gasteiger partial charge in [0.15, 0.2) is 0 Å². The van der Waals surface area contributed by atoms with Crippen molar-refractivity contribution in [2.24, 2.45) is 0 Å². The summed E-state index contributed by atoms with van der Waals surface area (Å²) in [5.41, 5.74) is 4.62. The zero-order chi connectivity index (χ0) is 27.2. The van der Waals surface area contributed by atoms with Gasteiger partial charge in [0.05, 0.1) is 29.3 Å². The van der Waals surface area contributed by atoms with Crippen LogP contribution in [0.2, 0.25) is 5.02 Å². The number of pyridine rings is 1. The van der Waals surface area contributed by atoms with Crippen LogP contribution in [0.15, 0.2) is 54.9 Å². The normalized spacial score (nSPS) is 17.8. The fraction of sp³-hybridized carbons (Fsp3) is 0.393. The third-order valence-corrected chi connectivity index (χ3v) is 9.10. The molecule has 1 aromatic carbocycles. The van der Waals surface area contributed by atoms with Gasteiger partial charge in [0.2, 0.25) is 21.9 Å². The topological polar surface area (TPSA) is 101 Å². The maximum Gasteiger partial charge on any atom is 0.227 e. The third kappa shape index (κ3) is 6.69. The minimum atomic E-state index is -3.17. The molecule has 0 amide bonds. The summed E-state index contributed by atoms with van der Waals surface area (Å²) >= 11 is 6.47. The largest absolute Gasteiger partial charge is 0.477 e. The highest BCUT2D eigenvalue weighted by Gasteiger charge is 2.26. The van der Waals surface area contributed by atoms with E-state index < -0.39 is 10.0 Å². The van der Waals surface area contributed by atoms with Crippen LogP contribution >= 0.6 is 11.6 Å². The number of aryl methyl sites for hydroxylation is 1. The summed E-state index contributed by atoms with van der Waals surface area (Å²) in [7, 11) is -3.17. The molecule has 3 aromatic rings. The van der Waals surface area contributed by atoms with Gasteiger partial charge in [-0.2, -0.15) is 4.31 Å². The van der Waals surface area contributed by atoms with Crippen molar-refractivity contribution < 1.29 is 13.2 Å². The molecule has 0 radical (unpaired) electrons. The fourth-order valence-corrected chi connectivity index (χ4v) is 6.12. The van der Waals surface area contributed by atoms with Gasteiger partial charge < -0.3 is 15.0 Å². The van der Waals surface area contributed by atoms with Crippen LogP contribution in [0.5, 0.6) is 5.88 Å². The number of anilines is 3. The van der Waals surface area contributed by atoms with Crippen LogP contribution in [0.1, 0.15) is 31.7 Å². The lowest BCUT2D eigenvalue weighted by Crippen LogP contribution is -2.49. The number of fused-ring (bicyclic) bond motifs is 7. The Morgan fingerprint density at radius 2 is 1.87 bits per heavy atom. The lowest BCUT2D eigenvalue weighted by Gasteiger charge is -2.36. The quantitative estimate of drug-likeness (QED) is 0.437. The van der Waals surface area contributed by atoms with Crippen LogP contribution in [0, 0.1) is 0 Å². The molecule has 2 aliphatic heterocycles. The molecule has 1 N–H and O–H groups in total. The second-order valence-electron chi connectivity index (χ2n) is 9.53. The van der Waals surface area contributed by atoms with E-state index in [2.05, 4.69) is 44.5 Å². The molecular weight excluding hydrogens is 536 g/mol. The SMILES string of the molecule is CCS(=O)(=O)N1CCN(c2ccc3cc2CCC/C=C/CCOc2cc(ccn2)-c2nc(ncc2Cl)N3)CC1. The van der Waals surface area contributed by atoms with Crippen molar-refractivity contribution in [3.05, 3.63) is 65.5 Å². The number of hydrogen-bond donors (Lipinski definition) is 1. The van der Waals surface area contributed by atoms with E-state index in [1.165, 1.54) is 5.56 Å². The number of hydrogen-bond acceptors (Lipinski definition) is 8. The Labute approximate surface area is 234 Å². The van der Waals surface area contributed by atoms with Crippen molar-refractivity contribution in [1.29, 1.82) is 0 Å². The summed E-state index contributed by atoms with van der Waals surface area (Å²) in [4.78, 5) is 15.7. The average molecular weight is 569 g/mol. The van der Waals surface area contributed by atoms with Crippen molar-refractivity contribution in [3.63, 3.8) is 0 Å². The molecule has 1 fully saturated rings. The van der Waals surface area contributed by atoms with E-state index in [1.807, 2.05) is 18.2 Å². The Morgan fingerprint density at radius 1 is 1.05 bits per heavy atom. The van der Waals surface area contributed by atoms with Crippen molar-refractivity contribution in [2.45, 2.75) is 32.6 Å². The summed E-state index contributed by atoms with van der Waals surface area (Å²) in [6.07, 6.45) is 11.3. The second kappa shape index (κ2) is 12.3. The molecule has 206 valence electrons. The molecule has 0 spiro atoms. The number of aromatic nitrogens is 3. The second-order valence-corrected chi connectivity index (χ2v) is 12.2. The molecule has 4 heterocycles. The van der Waals surface area contributed by atoms with E-state index in [9.17, 15) is 8.42 Å². The minimum absolute atomic E-state index is 0.134. The summed E-state index contributed by atoms with van der Waals surface area (Å²) in [5, 5.41) is 3.78. The third-order valence-electron chi connectivity index (χ3n) is 6.94. The van der Waals surface area contributed by atoms with E-state index in [1.54, 1.807) is 23.6 Å². The van der Waals surface area contributed by atoms with Crippen LogP contribution < -0.4 is 15.0 Å². The van der Waals surface area contributed by atoms with Crippen LogP contribution in [0.3, 0.4) is 0 Å². The van der Waals surface area contributed by atoms with E-state index in [-0.39, 0.29) is 5.75 Å². The van der Waals surface area contributed by atoms with Crippen LogP contribution in [-0.4, -0.2) is 66.2 Å². The predicted octanol–water partition coefficient (Wildman–Crippen LogP) is 5.07. The fourth-order valence-electron chi connectivity index (χ4n) is 4.83. The van der Waals surface area contributed by atoms with Gasteiger partial charge in [0.1, 0.15) is 0 Å². The maximum atomic E-state index is 12.3. The molecule has 2 aromatic heterocycles. The van der Waals surface area contributed by atoms with Crippen molar-refractivity contribution in [1.82, 2.24) is 19.3 Å². The number of piperazine rings is 1. The highest BCUT2D eigenvalue weighted by Crippen LogP contribution is 2.31. The first-order valence-corrected chi connectivity index (χ1v) is 15.3. The number of benzene rings is 1. The first-order chi connectivity index (χ1) is 18.9. The molecule has 0 atom stereocenters. The minimum Gasteiger partial charge on any atom is -0.477 e. The number of nitrogens with zero attached hydrogens (tertiary/aromatic N) is 5. The summed E-state index contributed by atoms with van der Waals surface area (Å²) in [5.74, 6) is 1.10. The lowest BCUT2D eigenvalue weighted by molar-refractivity contribution is 0.312. The van der Waals surface area contributed by atoms with Crippen LogP contribution in [-0.2, 0) is 16.4 Å². The first kappa shape index (κ1) is 27.4. The maximum absolute atomic E-state index is 12.3. The Balaban J connectivity index is 1.43. The van der Waals surface area contributed by atoms with Gasteiger partial charge in [-0.3, -0.25) is 0 Å². The number of nitrogens with one attached hydrogen (secondary N) is 1. The number of sulfonamides is 1. The molecule has 2 aliphatic rings. The van der Waals surface area contributed by atoms with E-state index in [0.29, 0.717) is 55.3 Å². The number of ether oxygens (including phenoxy) is 1. The molecule has 0 saturated carbocycles. The molecule has 5 rings (SSSR count). The monoisotopic (exact) mass is 568 g/mol. The number of halogens is 1. The van der Waals surface area contributed by atoms with Gasteiger partial charge in [-0.1, -0.05) is 23.8 Å². The van der Waals surface area contributed by atoms with Crippen LogP contribution in [0.25, 0.3) is 11.3 Å². The number of rotatable bonds is 3. The van der Waals surface area contributed by atoms with Gasteiger partial charge in [0, 0.05) is 55.4 Å². The molecule has 11 heteroatoms. The summed E-state index contributed by atoms with van der Waals surface area (Å²) in [6.45, 7) is 4.55. The molecule has 0 aliphatic carbocycles. The van der Waals surface area contributed by atoms with Gasteiger partial charge in [-0.25, -0.2) is 23.4 Å². The molecule has 0 unspecified atom stereocenters. The Kier molecular flexibility index (Phi) is 8.64. The van der Waals surface area contributed by atoms with Crippen molar-refractivity contribution >= 4 is 38.9 Å². The molecule has 6 bridgehead atoms. The summed E-state index contributed by atoms with van der Waals surface area (Å²) in [6, 6.07) is 9.96. The predicted molar refractivity (Wildman–Crippen MR) is 155 cm³/mol. The highest BCUT2D eigenvalue weighted by atomic mass is 35.5. The Morgan fingerprint density at radius 3 is 2.69 bits per heavy atom. The van der Waals surface area contributed by atoms with Gasteiger partial charge >= 0.3 is 0 Å². The zero-order valence-electron chi connectivity index (χ0n) is 22.0. The zero-order valence-corrected chi connectivity index (χ0v) is 23.6. The molecule has 39 heavy (non-hydrogen) atoms. The lowest BCUT2D eigenvalue weighted by atomic mass is 10.0. The van der Waals surface area contributed by atoms with Crippen molar-refractivity contribution in [2.75, 3.05) is 48.8 Å². The Hall–Kier alpha value is -3.21. The average Bonchev–Trinajstić information content (AvgIpc) is 2.95. The molecule has 1 saturated heterocycles. The van der Waals surface area contributed by atoms with Gasteiger partial charge in [-0.05, 0) is 62.4 Å². The van der Waals surface area contributed by atoms with E-state index >= 15 is 0 Å². The van der Waals surface area contributed by atoms with Gasteiger partial charge in [0.25, 0.3) is 0 Å². The first-order valence-electron chi connectivity index (χ1n) is 13.3. The van der Waals surface area contributed by atoms with Gasteiger partial charge in [-0.15, -0.1) is 0 Å². The van der Waals surface area contributed by atoms with Crippen LogP contribution in [0.4, 0.5) is 17.3 Å².